The molecule has 0 aromatic carbocycles. The number of nitrogens with two attached hydrogens (primary N) is 1. The lowest BCUT2D eigenvalue weighted by atomic mass is 9.94. The zero-order valence-electron chi connectivity index (χ0n) is 16.1. The third-order valence-corrected chi connectivity index (χ3v) is 4.50. The lowest BCUT2D eigenvalue weighted by molar-refractivity contribution is -0.119. The Balaban J connectivity index is 2.51. The molecule has 0 aliphatic carbocycles. The number of amides is 1. The zero-order valence-corrected chi connectivity index (χ0v) is 16.1. The van der Waals surface area contributed by atoms with Crippen LogP contribution in [0.1, 0.15) is 46.5 Å². The van der Waals surface area contributed by atoms with E-state index in [0.717, 1.165) is 57.8 Å². The fourth-order valence-corrected chi connectivity index (χ4v) is 3.32. The number of aliphatic hydroxyl groups is 1. The maximum atomic E-state index is 11.0. The van der Waals surface area contributed by atoms with Gasteiger partial charge in [0.2, 0.25) is 5.91 Å². The van der Waals surface area contributed by atoms with Crippen molar-refractivity contribution in [2.75, 3.05) is 39.3 Å². The van der Waals surface area contributed by atoms with Gasteiger partial charge in [0.05, 0.1) is 6.54 Å². The summed E-state index contributed by atoms with van der Waals surface area (Å²) in [7, 11) is 0. The summed E-state index contributed by atoms with van der Waals surface area (Å²) in [5.41, 5.74) is 5.26. The quantitative estimate of drug-likeness (QED) is 0.338. The second-order valence-electron chi connectivity index (χ2n) is 7.39. The molecule has 1 saturated heterocycles. The molecular formula is C18H37N5O2. The van der Waals surface area contributed by atoms with E-state index in [0.29, 0.717) is 24.4 Å². The molecule has 1 atom stereocenters. The van der Waals surface area contributed by atoms with Crippen LogP contribution in [-0.4, -0.2) is 67.2 Å². The summed E-state index contributed by atoms with van der Waals surface area (Å²) in [6, 6.07) is 0.364. The summed E-state index contributed by atoms with van der Waals surface area (Å²) in [4.78, 5) is 17.9. The summed E-state index contributed by atoms with van der Waals surface area (Å²) in [6.45, 7) is 10.3. The van der Waals surface area contributed by atoms with Gasteiger partial charge in [-0.1, -0.05) is 13.8 Å². The highest BCUT2D eigenvalue weighted by molar-refractivity contribution is 5.80. The van der Waals surface area contributed by atoms with E-state index in [1.807, 2.05) is 0 Å². The molecule has 0 aromatic heterocycles. The first-order valence-corrected chi connectivity index (χ1v) is 9.60. The number of hydrogen-bond acceptors (Lipinski definition) is 4. The lowest BCUT2D eigenvalue weighted by Gasteiger charge is -2.32. The Bertz CT molecular complexity index is 406. The molecule has 25 heavy (non-hydrogen) atoms. The number of primary amides is 1. The number of aliphatic hydroxyl groups excluding tert-OH is 1. The van der Waals surface area contributed by atoms with Crippen LogP contribution in [0.4, 0.5) is 0 Å². The third-order valence-electron chi connectivity index (χ3n) is 4.50. The normalized spacial score (nSPS) is 18.4. The van der Waals surface area contributed by atoms with Crippen molar-refractivity contribution < 1.29 is 9.90 Å². The number of carbonyl (C=O) groups is 1. The fraction of sp³-hybridized carbons (Fsp3) is 0.889. The van der Waals surface area contributed by atoms with Crippen molar-refractivity contribution in [3.8, 4) is 0 Å². The van der Waals surface area contributed by atoms with E-state index < -0.39 is 0 Å². The number of likely N-dealkylation sites (tertiary alicyclic amines) is 1. The van der Waals surface area contributed by atoms with Gasteiger partial charge in [0.1, 0.15) is 0 Å². The van der Waals surface area contributed by atoms with E-state index in [2.05, 4.69) is 36.3 Å². The van der Waals surface area contributed by atoms with Crippen molar-refractivity contribution in [3.63, 3.8) is 0 Å². The van der Waals surface area contributed by atoms with Gasteiger partial charge in [-0.05, 0) is 44.4 Å². The van der Waals surface area contributed by atoms with Crippen LogP contribution in [0.25, 0.3) is 0 Å². The van der Waals surface area contributed by atoms with Crippen LogP contribution >= 0.6 is 0 Å². The van der Waals surface area contributed by atoms with Crippen LogP contribution in [-0.2, 0) is 4.79 Å². The SMILES string of the molecule is CCNC(=NCC(CCO)CC(C)C)NC1CCN(CC(N)=O)CC1. The fourth-order valence-electron chi connectivity index (χ4n) is 3.32. The maximum Gasteiger partial charge on any atom is 0.231 e. The average Bonchev–Trinajstić information content (AvgIpc) is 2.53. The first kappa shape index (κ1) is 21.7. The first-order chi connectivity index (χ1) is 11.9. The number of piperidine rings is 1. The van der Waals surface area contributed by atoms with Gasteiger partial charge in [-0.25, -0.2) is 0 Å². The number of rotatable bonds is 10. The lowest BCUT2D eigenvalue weighted by Crippen LogP contribution is -2.50. The molecular weight excluding hydrogens is 318 g/mol. The molecule has 7 heteroatoms. The predicted octanol–water partition coefficient (Wildman–Crippen LogP) is 0.536. The van der Waals surface area contributed by atoms with Crippen LogP contribution < -0.4 is 16.4 Å². The van der Waals surface area contributed by atoms with Crippen molar-refractivity contribution in [1.29, 1.82) is 0 Å². The van der Waals surface area contributed by atoms with Crippen molar-refractivity contribution in [2.24, 2.45) is 22.6 Å². The largest absolute Gasteiger partial charge is 0.396 e. The molecule has 1 amide bonds. The second kappa shape index (κ2) is 12.1. The molecule has 0 aromatic rings. The summed E-state index contributed by atoms with van der Waals surface area (Å²) < 4.78 is 0. The Hall–Kier alpha value is -1.34. The van der Waals surface area contributed by atoms with E-state index in [9.17, 15) is 9.90 Å². The molecule has 0 spiro atoms. The molecule has 1 aliphatic heterocycles. The molecule has 1 heterocycles. The topological polar surface area (TPSA) is 103 Å². The van der Waals surface area contributed by atoms with Crippen LogP contribution in [0.5, 0.6) is 0 Å². The van der Waals surface area contributed by atoms with E-state index in [-0.39, 0.29) is 12.5 Å². The van der Waals surface area contributed by atoms with Crippen molar-refractivity contribution in [1.82, 2.24) is 15.5 Å². The van der Waals surface area contributed by atoms with Gasteiger partial charge < -0.3 is 21.5 Å². The van der Waals surface area contributed by atoms with Crippen LogP contribution in [0, 0.1) is 11.8 Å². The summed E-state index contributed by atoms with van der Waals surface area (Å²) in [5.74, 6) is 1.61. The van der Waals surface area contributed by atoms with Gasteiger partial charge in [0, 0.05) is 38.8 Å². The molecule has 1 aliphatic rings. The predicted molar refractivity (Wildman–Crippen MR) is 102 cm³/mol. The minimum absolute atomic E-state index is 0.217. The van der Waals surface area contributed by atoms with Gasteiger partial charge in [-0.3, -0.25) is 14.7 Å². The Labute approximate surface area is 152 Å². The molecule has 146 valence electrons. The van der Waals surface area contributed by atoms with E-state index in [1.54, 1.807) is 0 Å². The van der Waals surface area contributed by atoms with Gasteiger partial charge in [-0.2, -0.15) is 0 Å². The highest BCUT2D eigenvalue weighted by Gasteiger charge is 2.21. The van der Waals surface area contributed by atoms with E-state index >= 15 is 0 Å². The average molecular weight is 356 g/mol. The number of nitrogens with one attached hydrogen (secondary N) is 2. The molecule has 5 N–H and O–H groups in total. The minimum Gasteiger partial charge on any atom is -0.396 e. The second-order valence-corrected chi connectivity index (χ2v) is 7.39. The number of carbonyl (C=O) groups excluding carboxylic acids is 1. The molecule has 1 rings (SSSR count). The van der Waals surface area contributed by atoms with Gasteiger partial charge in [0.15, 0.2) is 5.96 Å². The van der Waals surface area contributed by atoms with Crippen LogP contribution in [0.3, 0.4) is 0 Å². The van der Waals surface area contributed by atoms with E-state index in [4.69, 9.17) is 10.7 Å². The highest BCUT2D eigenvalue weighted by atomic mass is 16.3. The number of hydrogen-bond donors (Lipinski definition) is 4. The number of nitrogens with zero attached hydrogens (tertiary/aromatic N) is 2. The Kier molecular flexibility index (Phi) is 10.5. The summed E-state index contributed by atoms with van der Waals surface area (Å²) in [6.07, 6.45) is 3.83. The standard InChI is InChI=1S/C18H37N5O2/c1-4-20-18(21-12-15(7-10-24)11-14(2)3)22-16-5-8-23(9-6-16)13-17(19)25/h14-16,24H,4-13H2,1-3H3,(H2,19,25)(H2,20,21,22). The van der Waals surface area contributed by atoms with Crippen molar-refractivity contribution in [2.45, 2.75) is 52.5 Å². The third kappa shape index (κ3) is 9.65. The molecule has 7 nitrogen and oxygen atoms in total. The Morgan fingerprint density at radius 2 is 2.04 bits per heavy atom. The molecule has 1 unspecified atom stereocenters. The van der Waals surface area contributed by atoms with Crippen molar-refractivity contribution in [3.05, 3.63) is 0 Å². The summed E-state index contributed by atoms with van der Waals surface area (Å²) in [5, 5.41) is 16.1. The van der Waals surface area contributed by atoms with Gasteiger partial charge in [-0.15, -0.1) is 0 Å². The van der Waals surface area contributed by atoms with Crippen LogP contribution in [0.2, 0.25) is 0 Å². The number of aliphatic imine (C=N–C) groups is 1. The molecule has 0 bridgehead atoms. The molecule has 0 saturated carbocycles. The smallest absolute Gasteiger partial charge is 0.231 e. The minimum atomic E-state index is -0.263. The first-order valence-electron chi connectivity index (χ1n) is 9.60. The Morgan fingerprint density at radius 3 is 2.56 bits per heavy atom. The molecule has 1 fully saturated rings. The highest BCUT2D eigenvalue weighted by Crippen LogP contribution is 2.15. The zero-order chi connectivity index (χ0) is 18.7. The number of guanidine groups is 1. The monoisotopic (exact) mass is 355 g/mol. The molecule has 0 radical (unpaired) electrons. The van der Waals surface area contributed by atoms with Crippen LogP contribution in [0.15, 0.2) is 4.99 Å². The summed E-state index contributed by atoms with van der Waals surface area (Å²) >= 11 is 0. The van der Waals surface area contributed by atoms with Gasteiger partial charge >= 0.3 is 0 Å². The van der Waals surface area contributed by atoms with E-state index in [1.165, 1.54) is 0 Å². The van der Waals surface area contributed by atoms with Gasteiger partial charge in [0.25, 0.3) is 0 Å². The van der Waals surface area contributed by atoms with Crippen molar-refractivity contribution >= 4 is 11.9 Å². The maximum absolute atomic E-state index is 11.0. The Morgan fingerprint density at radius 1 is 1.36 bits per heavy atom.